The largest absolute Gasteiger partial charge is 0.393 e. The van der Waals surface area contributed by atoms with E-state index in [1.807, 2.05) is 0 Å². The molecule has 13 heavy (non-hydrogen) atoms. The first-order valence-electron chi connectivity index (χ1n) is 4.36. The molecule has 0 bridgehead atoms. The first-order valence-corrected chi connectivity index (χ1v) is 6.18. The van der Waals surface area contributed by atoms with E-state index >= 15 is 0 Å². The zero-order valence-electron chi connectivity index (χ0n) is 7.39. The molecule has 0 spiro atoms. The van der Waals surface area contributed by atoms with Gasteiger partial charge in [-0.05, 0) is 0 Å². The maximum absolute atomic E-state index is 11.0. The lowest BCUT2D eigenvalue weighted by atomic mass is 10.2. The van der Waals surface area contributed by atoms with E-state index in [2.05, 4.69) is 0 Å². The molecule has 1 saturated heterocycles. The molecule has 0 unspecified atom stereocenters. The maximum Gasteiger partial charge on any atom is 0.156 e. The van der Waals surface area contributed by atoms with Gasteiger partial charge in [-0.1, -0.05) is 0 Å². The van der Waals surface area contributed by atoms with Crippen molar-refractivity contribution in [3.8, 4) is 0 Å². The monoisotopic (exact) mass is 210 g/mol. The Labute approximate surface area is 77.7 Å². The lowest BCUT2D eigenvalue weighted by Gasteiger charge is -2.09. The molecule has 0 saturated carbocycles. The van der Waals surface area contributed by atoms with Crippen LogP contribution in [0.3, 0.4) is 0 Å². The highest BCUT2D eigenvalue weighted by Crippen LogP contribution is 2.07. The second kappa shape index (κ2) is 4.36. The van der Waals surface area contributed by atoms with Crippen LogP contribution in [-0.2, 0) is 9.84 Å². The lowest BCUT2D eigenvalue weighted by molar-refractivity contribution is -0.690. The molecule has 78 valence electrons. The molecule has 0 aromatic rings. The molecule has 0 amide bonds. The average Bonchev–Trinajstić information content (AvgIpc) is 2.41. The van der Waals surface area contributed by atoms with Gasteiger partial charge in [-0.3, -0.25) is 0 Å². The Morgan fingerprint density at radius 2 is 2.23 bits per heavy atom. The van der Waals surface area contributed by atoms with Gasteiger partial charge in [-0.2, -0.15) is 0 Å². The van der Waals surface area contributed by atoms with Gasteiger partial charge in [0.05, 0.1) is 12.4 Å². The molecule has 2 atom stereocenters. The van der Waals surface area contributed by atoms with Gasteiger partial charge in [0, 0.05) is 6.42 Å². The predicted octanol–water partition coefficient (Wildman–Crippen LogP) is -2.91. The molecule has 4 N–H and O–H groups in total. The van der Waals surface area contributed by atoms with Crippen molar-refractivity contribution in [2.24, 2.45) is 0 Å². The number of aliphatic hydroxyl groups excluding tert-OH is 2. The van der Waals surface area contributed by atoms with E-state index < -0.39 is 15.9 Å². The smallest absolute Gasteiger partial charge is 0.156 e. The SMILES string of the molecule is O=S1(=O)CC[C@@H]([NH2+]C[C@H](O)CO)C1. The number of hydrogen-bond acceptors (Lipinski definition) is 4. The quantitative estimate of drug-likeness (QED) is 0.464. The van der Waals surface area contributed by atoms with Crippen LogP contribution < -0.4 is 5.32 Å². The summed E-state index contributed by atoms with van der Waals surface area (Å²) in [4.78, 5) is 0. The first-order chi connectivity index (χ1) is 6.03. The number of hydrogen-bond donors (Lipinski definition) is 3. The minimum Gasteiger partial charge on any atom is -0.393 e. The lowest BCUT2D eigenvalue weighted by Crippen LogP contribution is -2.92. The summed E-state index contributed by atoms with van der Waals surface area (Å²) >= 11 is 0. The topological polar surface area (TPSA) is 91.2 Å². The molecule has 1 fully saturated rings. The van der Waals surface area contributed by atoms with E-state index in [0.717, 1.165) is 0 Å². The van der Waals surface area contributed by atoms with Crippen molar-refractivity contribution in [1.29, 1.82) is 0 Å². The molecule has 1 rings (SSSR count). The van der Waals surface area contributed by atoms with Gasteiger partial charge in [0.25, 0.3) is 0 Å². The molecular formula is C7H16NO4S+. The Morgan fingerprint density at radius 3 is 2.69 bits per heavy atom. The standard InChI is InChI=1S/C7H15NO4S/c9-4-7(10)3-8-6-1-2-13(11,12)5-6/h6-10H,1-5H2/p+1/t6-,7+/m1/s1. The fraction of sp³-hybridized carbons (Fsp3) is 1.00. The van der Waals surface area contributed by atoms with E-state index in [4.69, 9.17) is 10.2 Å². The Kier molecular flexibility index (Phi) is 3.66. The summed E-state index contributed by atoms with van der Waals surface area (Å²) in [5.74, 6) is 0.453. The summed E-state index contributed by atoms with van der Waals surface area (Å²) in [6, 6.07) is 0.0613. The Bertz CT molecular complexity index is 251. The van der Waals surface area contributed by atoms with E-state index in [1.54, 1.807) is 5.32 Å². The van der Waals surface area contributed by atoms with Crippen molar-refractivity contribution in [2.75, 3.05) is 24.7 Å². The van der Waals surface area contributed by atoms with Crippen molar-refractivity contribution >= 4 is 9.84 Å². The van der Waals surface area contributed by atoms with Gasteiger partial charge in [-0.15, -0.1) is 0 Å². The van der Waals surface area contributed by atoms with E-state index in [-0.39, 0.29) is 24.2 Å². The van der Waals surface area contributed by atoms with Gasteiger partial charge >= 0.3 is 0 Å². The molecule has 0 aliphatic carbocycles. The molecule has 0 radical (unpaired) electrons. The molecule has 0 aromatic carbocycles. The maximum atomic E-state index is 11.0. The van der Waals surface area contributed by atoms with Crippen molar-refractivity contribution in [3.63, 3.8) is 0 Å². The van der Waals surface area contributed by atoms with Crippen LogP contribution in [0.1, 0.15) is 6.42 Å². The zero-order valence-corrected chi connectivity index (χ0v) is 8.20. The second-order valence-corrected chi connectivity index (χ2v) is 5.70. The summed E-state index contributed by atoms with van der Waals surface area (Å²) in [6.45, 7) is 0.104. The summed E-state index contributed by atoms with van der Waals surface area (Å²) in [5.41, 5.74) is 0. The molecule has 0 aromatic heterocycles. The van der Waals surface area contributed by atoms with Gasteiger partial charge < -0.3 is 15.5 Å². The Morgan fingerprint density at radius 1 is 1.54 bits per heavy atom. The molecule has 1 heterocycles. The third kappa shape index (κ3) is 3.60. The molecule has 5 nitrogen and oxygen atoms in total. The van der Waals surface area contributed by atoms with Gasteiger partial charge in [-0.25, -0.2) is 8.42 Å². The van der Waals surface area contributed by atoms with E-state index in [1.165, 1.54) is 0 Å². The minimum atomic E-state index is -2.83. The first kappa shape index (κ1) is 10.9. The highest BCUT2D eigenvalue weighted by molar-refractivity contribution is 7.91. The van der Waals surface area contributed by atoms with Crippen molar-refractivity contribution < 1.29 is 23.9 Å². The average molecular weight is 210 g/mol. The van der Waals surface area contributed by atoms with Crippen LogP contribution in [0.15, 0.2) is 0 Å². The van der Waals surface area contributed by atoms with Crippen molar-refractivity contribution in [3.05, 3.63) is 0 Å². The van der Waals surface area contributed by atoms with Crippen molar-refractivity contribution in [2.45, 2.75) is 18.6 Å². The van der Waals surface area contributed by atoms with Gasteiger partial charge in [0.1, 0.15) is 24.4 Å². The molecule has 6 heteroatoms. The van der Waals surface area contributed by atoms with Crippen LogP contribution in [0.2, 0.25) is 0 Å². The van der Waals surface area contributed by atoms with Gasteiger partial charge in [0.2, 0.25) is 0 Å². The van der Waals surface area contributed by atoms with Crippen LogP contribution in [0, 0.1) is 0 Å². The normalized spacial score (nSPS) is 28.9. The number of nitrogens with two attached hydrogens (primary N) is 1. The highest BCUT2D eigenvalue weighted by atomic mass is 32.2. The van der Waals surface area contributed by atoms with E-state index in [9.17, 15) is 8.42 Å². The predicted molar refractivity (Wildman–Crippen MR) is 46.9 cm³/mol. The fourth-order valence-electron chi connectivity index (χ4n) is 1.43. The van der Waals surface area contributed by atoms with Gasteiger partial charge in [0.15, 0.2) is 9.84 Å². The third-order valence-corrected chi connectivity index (χ3v) is 4.01. The number of sulfone groups is 1. The van der Waals surface area contributed by atoms with Crippen LogP contribution in [-0.4, -0.2) is 55.4 Å². The second-order valence-electron chi connectivity index (χ2n) is 3.47. The minimum absolute atomic E-state index is 0.0613. The number of rotatable bonds is 4. The summed E-state index contributed by atoms with van der Waals surface area (Å²) in [6.07, 6.45) is -0.0937. The van der Waals surface area contributed by atoms with Crippen molar-refractivity contribution in [1.82, 2.24) is 0 Å². The van der Waals surface area contributed by atoms with Crippen LogP contribution in [0.25, 0.3) is 0 Å². The Balaban J connectivity index is 2.25. The summed E-state index contributed by atoms with van der Waals surface area (Å²) < 4.78 is 22.0. The summed E-state index contributed by atoms with van der Waals surface area (Å²) in [7, 11) is -2.83. The Hall–Kier alpha value is -0.170. The molecule has 1 aliphatic heterocycles. The van der Waals surface area contributed by atoms with Crippen LogP contribution in [0.5, 0.6) is 0 Å². The number of aliphatic hydroxyl groups is 2. The zero-order chi connectivity index (χ0) is 9.90. The van der Waals surface area contributed by atoms with Crippen LogP contribution >= 0.6 is 0 Å². The summed E-state index contributed by atoms with van der Waals surface area (Å²) in [5, 5.41) is 19.3. The third-order valence-electron chi connectivity index (χ3n) is 2.22. The molecular weight excluding hydrogens is 194 g/mol. The number of quaternary nitrogens is 1. The molecule has 1 aliphatic rings. The van der Waals surface area contributed by atoms with E-state index in [0.29, 0.717) is 13.0 Å². The fourth-order valence-corrected chi connectivity index (χ4v) is 3.22. The highest BCUT2D eigenvalue weighted by Gasteiger charge is 2.30. The van der Waals surface area contributed by atoms with Crippen LogP contribution in [0.4, 0.5) is 0 Å².